The minimum atomic E-state index is -4.12. The number of methoxy groups -OCH3 is 1. The maximum Gasteiger partial charge on any atom is 0.269 e. The van der Waals surface area contributed by atoms with Crippen molar-refractivity contribution in [1.82, 2.24) is 4.31 Å². The van der Waals surface area contributed by atoms with Gasteiger partial charge in [0.1, 0.15) is 17.2 Å². The molecule has 1 aliphatic heterocycles. The summed E-state index contributed by atoms with van der Waals surface area (Å²) in [7, 11) is -6.50. The molecule has 0 atom stereocenters. The van der Waals surface area contributed by atoms with Gasteiger partial charge in [-0.25, -0.2) is 21.1 Å². The highest BCUT2D eigenvalue weighted by Gasteiger charge is 2.41. The van der Waals surface area contributed by atoms with Crippen molar-refractivity contribution < 1.29 is 31.2 Å². The van der Waals surface area contributed by atoms with E-state index in [9.17, 15) is 26.4 Å². The monoisotopic (exact) mass is 501 g/mol. The number of carbonyl (C=O) groups excluding carboxylic acids is 2. The van der Waals surface area contributed by atoms with Crippen LogP contribution in [0.2, 0.25) is 0 Å². The molecule has 12 heteroatoms. The second-order valence-corrected chi connectivity index (χ2v) is 10.7. The van der Waals surface area contributed by atoms with Gasteiger partial charge in [0.05, 0.1) is 17.6 Å². The number of nitrogens with one attached hydrogen (secondary N) is 2. The molecule has 0 bridgehead atoms. The molecule has 1 heterocycles. The van der Waals surface area contributed by atoms with Crippen LogP contribution in [0.15, 0.2) is 82.6 Å². The molecular weight excluding hydrogens is 482 g/mol. The van der Waals surface area contributed by atoms with Crippen LogP contribution in [0.25, 0.3) is 0 Å². The maximum atomic E-state index is 12.6. The van der Waals surface area contributed by atoms with Crippen LogP contribution in [0.3, 0.4) is 0 Å². The number of nitrogens with zero attached hydrogens (tertiary/aromatic N) is 1. The Balaban J connectivity index is 1.42. The van der Waals surface area contributed by atoms with Gasteiger partial charge in [0.15, 0.2) is 0 Å². The second-order valence-electron chi connectivity index (χ2n) is 7.22. The zero-order valence-corrected chi connectivity index (χ0v) is 19.4. The molecule has 0 aliphatic carbocycles. The topological polar surface area (TPSA) is 139 Å². The van der Waals surface area contributed by atoms with E-state index in [-0.39, 0.29) is 21.0 Å². The molecule has 4 rings (SSSR count). The van der Waals surface area contributed by atoms with E-state index in [1.807, 2.05) is 0 Å². The Morgan fingerprint density at radius 1 is 0.941 bits per heavy atom. The first-order chi connectivity index (χ1) is 16.1. The summed E-state index contributed by atoms with van der Waals surface area (Å²) in [5, 5.41) is 2.47. The first-order valence-electron chi connectivity index (χ1n) is 9.85. The second kappa shape index (κ2) is 8.80. The summed E-state index contributed by atoms with van der Waals surface area (Å²) in [5.74, 6) is -0.955. The Kier molecular flexibility index (Phi) is 6.02. The Morgan fingerprint density at radius 2 is 1.56 bits per heavy atom. The molecule has 2 amide bonds. The largest absolute Gasteiger partial charge is 0.497 e. The zero-order chi connectivity index (χ0) is 24.5. The van der Waals surface area contributed by atoms with Crippen molar-refractivity contribution in [3.63, 3.8) is 0 Å². The molecule has 0 saturated heterocycles. The molecule has 2 N–H and O–H groups in total. The molecule has 1 aliphatic rings. The minimum Gasteiger partial charge on any atom is -0.497 e. The molecule has 0 fully saturated rings. The predicted octanol–water partition coefficient (Wildman–Crippen LogP) is 2.28. The number of hydrogen-bond acceptors (Lipinski definition) is 7. The third-order valence-corrected chi connectivity index (χ3v) is 8.17. The molecule has 0 unspecified atom stereocenters. The van der Waals surface area contributed by atoms with E-state index < -0.39 is 38.4 Å². The summed E-state index contributed by atoms with van der Waals surface area (Å²) in [5.41, 5.74) is 0.583. The van der Waals surface area contributed by atoms with E-state index in [2.05, 4.69) is 10.0 Å². The Labute approximate surface area is 196 Å². The van der Waals surface area contributed by atoms with E-state index in [0.29, 0.717) is 15.7 Å². The first-order valence-corrected chi connectivity index (χ1v) is 12.8. The number of ether oxygens (including phenoxy) is 1. The molecule has 34 heavy (non-hydrogen) atoms. The standard InChI is InChI=1S/C22H19N3O7S2/c1-32-17-10-6-16(7-11-17)24-33(28,29)18-12-8-15(9-13-18)23-21(26)14-25-22(27)19-4-2-3-5-20(19)34(25,30)31/h2-13,24H,14H2,1H3,(H,23,26). The van der Waals surface area contributed by atoms with Gasteiger partial charge in [-0.1, -0.05) is 12.1 Å². The van der Waals surface area contributed by atoms with Crippen molar-refractivity contribution in [1.29, 1.82) is 0 Å². The molecule has 3 aromatic rings. The van der Waals surface area contributed by atoms with E-state index in [1.54, 1.807) is 24.3 Å². The highest BCUT2D eigenvalue weighted by Crippen LogP contribution is 2.29. The maximum absolute atomic E-state index is 12.6. The van der Waals surface area contributed by atoms with Gasteiger partial charge in [0.2, 0.25) is 5.91 Å². The summed E-state index contributed by atoms with van der Waals surface area (Å²) in [6.45, 7) is -0.713. The average Bonchev–Trinajstić information content (AvgIpc) is 3.00. The van der Waals surface area contributed by atoms with Gasteiger partial charge in [0.25, 0.3) is 26.0 Å². The van der Waals surface area contributed by atoms with Crippen LogP contribution in [0, 0.1) is 0 Å². The molecule has 0 spiro atoms. The summed E-state index contributed by atoms with van der Waals surface area (Å²) in [4.78, 5) is 24.7. The van der Waals surface area contributed by atoms with Gasteiger partial charge in [-0.3, -0.25) is 14.3 Å². The highest BCUT2D eigenvalue weighted by atomic mass is 32.2. The highest BCUT2D eigenvalue weighted by molar-refractivity contribution is 7.92. The van der Waals surface area contributed by atoms with Crippen LogP contribution >= 0.6 is 0 Å². The van der Waals surface area contributed by atoms with Crippen molar-refractivity contribution in [3.05, 3.63) is 78.4 Å². The number of amides is 2. The molecule has 0 aromatic heterocycles. The molecule has 3 aromatic carbocycles. The van der Waals surface area contributed by atoms with E-state index in [0.717, 1.165) is 0 Å². The van der Waals surface area contributed by atoms with Crippen molar-refractivity contribution in [2.45, 2.75) is 9.79 Å². The quantitative estimate of drug-likeness (QED) is 0.506. The van der Waals surface area contributed by atoms with Gasteiger partial charge in [0, 0.05) is 11.4 Å². The number of benzene rings is 3. The normalized spacial score (nSPS) is 14.4. The lowest BCUT2D eigenvalue weighted by molar-refractivity contribution is -0.116. The number of carbonyl (C=O) groups is 2. The lowest BCUT2D eigenvalue weighted by Crippen LogP contribution is -2.37. The summed E-state index contributed by atoms with van der Waals surface area (Å²) in [6.07, 6.45) is 0. The predicted molar refractivity (Wildman–Crippen MR) is 124 cm³/mol. The van der Waals surface area contributed by atoms with Gasteiger partial charge in [-0.2, -0.15) is 0 Å². The Hall–Kier alpha value is -3.90. The number of sulfonamides is 2. The van der Waals surface area contributed by atoms with E-state index >= 15 is 0 Å². The van der Waals surface area contributed by atoms with Crippen molar-refractivity contribution in [2.24, 2.45) is 0 Å². The number of fused-ring (bicyclic) bond motifs is 1. The van der Waals surface area contributed by atoms with Crippen molar-refractivity contribution in [2.75, 3.05) is 23.7 Å². The lowest BCUT2D eigenvalue weighted by Gasteiger charge is -2.15. The summed E-state index contributed by atoms with van der Waals surface area (Å²) in [6, 6.07) is 17.3. The third-order valence-electron chi connectivity index (χ3n) is 4.99. The first kappa shape index (κ1) is 23.3. The Morgan fingerprint density at radius 3 is 2.18 bits per heavy atom. The fourth-order valence-electron chi connectivity index (χ4n) is 3.31. The van der Waals surface area contributed by atoms with Gasteiger partial charge < -0.3 is 10.1 Å². The van der Waals surface area contributed by atoms with Crippen LogP contribution in [-0.4, -0.2) is 46.6 Å². The summed E-state index contributed by atoms with van der Waals surface area (Å²) >= 11 is 0. The molecular formula is C22H19N3O7S2. The van der Waals surface area contributed by atoms with Crippen LogP contribution in [0.5, 0.6) is 5.75 Å². The van der Waals surface area contributed by atoms with Crippen molar-refractivity contribution >= 4 is 43.2 Å². The van der Waals surface area contributed by atoms with Gasteiger partial charge in [-0.05, 0) is 60.7 Å². The average molecular weight is 502 g/mol. The summed E-state index contributed by atoms with van der Waals surface area (Å²) < 4.78 is 58.3. The number of anilines is 2. The zero-order valence-electron chi connectivity index (χ0n) is 17.8. The molecule has 176 valence electrons. The number of rotatable bonds is 7. The lowest BCUT2D eigenvalue weighted by atomic mass is 10.2. The molecule has 0 radical (unpaired) electrons. The van der Waals surface area contributed by atoms with Crippen LogP contribution in [-0.2, 0) is 24.8 Å². The van der Waals surface area contributed by atoms with Crippen LogP contribution < -0.4 is 14.8 Å². The molecule has 10 nitrogen and oxygen atoms in total. The van der Waals surface area contributed by atoms with Gasteiger partial charge >= 0.3 is 0 Å². The Bertz CT molecular complexity index is 1470. The van der Waals surface area contributed by atoms with E-state index in [4.69, 9.17) is 4.74 Å². The SMILES string of the molecule is COc1ccc(NS(=O)(=O)c2ccc(NC(=O)CN3C(=O)c4ccccc4S3(=O)=O)cc2)cc1. The van der Waals surface area contributed by atoms with Crippen LogP contribution in [0.4, 0.5) is 11.4 Å². The third kappa shape index (κ3) is 4.45. The fourth-order valence-corrected chi connectivity index (χ4v) is 5.89. The minimum absolute atomic E-state index is 0.00854. The van der Waals surface area contributed by atoms with Crippen LogP contribution in [0.1, 0.15) is 10.4 Å². The van der Waals surface area contributed by atoms with Gasteiger partial charge in [-0.15, -0.1) is 0 Å². The number of hydrogen-bond donors (Lipinski definition) is 2. The fraction of sp³-hybridized carbons (Fsp3) is 0.0909. The smallest absolute Gasteiger partial charge is 0.269 e. The molecule has 0 saturated carbocycles. The van der Waals surface area contributed by atoms with Crippen molar-refractivity contribution in [3.8, 4) is 5.75 Å². The van der Waals surface area contributed by atoms with E-state index in [1.165, 1.54) is 55.6 Å².